The van der Waals surface area contributed by atoms with E-state index in [0.717, 1.165) is 11.3 Å². The summed E-state index contributed by atoms with van der Waals surface area (Å²) < 4.78 is 5.23. The summed E-state index contributed by atoms with van der Waals surface area (Å²) >= 11 is 1.56. The minimum absolute atomic E-state index is 0.0773. The van der Waals surface area contributed by atoms with Gasteiger partial charge in [-0.25, -0.2) is 4.79 Å². The lowest BCUT2D eigenvalue weighted by atomic mass is 10.2. The van der Waals surface area contributed by atoms with Crippen LogP contribution in [-0.4, -0.2) is 61.5 Å². The predicted molar refractivity (Wildman–Crippen MR) is 95.9 cm³/mol. The fourth-order valence-corrected chi connectivity index (χ4v) is 3.32. The van der Waals surface area contributed by atoms with Crippen LogP contribution in [-0.2, 0) is 15.3 Å². The van der Waals surface area contributed by atoms with Crippen molar-refractivity contribution in [1.29, 1.82) is 5.26 Å². The van der Waals surface area contributed by atoms with E-state index < -0.39 is 6.04 Å². The molecule has 0 radical (unpaired) electrons. The highest BCUT2D eigenvalue weighted by atomic mass is 32.2. The first-order valence-electron chi connectivity index (χ1n) is 8.10. The molecule has 8 heteroatoms. The lowest BCUT2D eigenvalue weighted by Crippen LogP contribution is -2.54. The van der Waals surface area contributed by atoms with Crippen molar-refractivity contribution in [2.24, 2.45) is 0 Å². The van der Waals surface area contributed by atoms with E-state index in [2.05, 4.69) is 10.6 Å². The highest BCUT2D eigenvalue weighted by Crippen LogP contribution is 2.13. The Hall–Kier alpha value is -2.24. The molecule has 1 fully saturated rings. The number of hydrogen-bond acceptors (Lipinski definition) is 5. The summed E-state index contributed by atoms with van der Waals surface area (Å²) in [5.74, 6) is 0.835. The maximum atomic E-state index is 12.3. The Balaban J connectivity index is 1.88. The second kappa shape index (κ2) is 10.6. The number of urea groups is 1. The van der Waals surface area contributed by atoms with Crippen LogP contribution in [0.5, 0.6) is 0 Å². The standard InChI is InChI=1S/C17H22N4O3S/c18-6-7-19-16(22)15(13-25-12-14-4-2-1-3-5-14)20-17(23)21-8-10-24-11-9-21/h1-5,15H,7-13H2,(H,19,22)(H,20,23). The number of carbonyl (C=O) groups is 2. The quantitative estimate of drug-likeness (QED) is 0.705. The minimum Gasteiger partial charge on any atom is -0.378 e. The summed E-state index contributed by atoms with van der Waals surface area (Å²) in [6.07, 6.45) is 0. The maximum Gasteiger partial charge on any atom is 0.318 e. The topological polar surface area (TPSA) is 94.5 Å². The van der Waals surface area contributed by atoms with Crippen LogP contribution in [0.15, 0.2) is 30.3 Å². The van der Waals surface area contributed by atoms with Crippen molar-refractivity contribution in [3.63, 3.8) is 0 Å². The molecule has 1 aliphatic heterocycles. The van der Waals surface area contributed by atoms with E-state index in [1.165, 1.54) is 0 Å². The first-order valence-corrected chi connectivity index (χ1v) is 9.25. The Kier molecular flexibility index (Phi) is 8.09. The zero-order chi connectivity index (χ0) is 17.9. The second-order valence-corrected chi connectivity index (χ2v) is 6.51. The van der Waals surface area contributed by atoms with E-state index >= 15 is 0 Å². The van der Waals surface area contributed by atoms with Gasteiger partial charge in [0.2, 0.25) is 5.91 Å². The molecule has 134 valence electrons. The Morgan fingerprint density at radius 1 is 1.28 bits per heavy atom. The van der Waals surface area contributed by atoms with Gasteiger partial charge in [-0.3, -0.25) is 4.79 Å². The first kappa shape index (κ1) is 19.1. The molecule has 1 aromatic carbocycles. The molecule has 0 aromatic heterocycles. The Morgan fingerprint density at radius 3 is 2.68 bits per heavy atom. The van der Waals surface area contributed by atoms with Crippen molar-refractivity contribution in [1.82, 2.24) is 15.5 Å². The number of rotatable bonds is 7. The highest BCUT2D eigenvalue weighted by Gasteiger charge is 2.24. The molecular weight excluding hydrogens is 340 g/mol. The summed E-state index contributed by atoms with van der Waals surface area (Å²) in [7, 11) is 0. The molecule has 1 heterocycles. The molecule has 0 spiro atoms. The van der Waals surface area contributed by atoms with Crippen LogP contribution in [0.25, 0.3) is 0 Å². The number of nitrogens with zero attached hydrogens (tertiary/aromatic N) is 2. The largest absolute Gasteiger partial charge is 0.378 e. The molecular formula is C17H22N4O3S. The van der Waals surface area contributed by atoms with Crippen molar-refractivity contribution < 1.29 is 14.3 Å². The molecule has 1 aromatic rings. The molecule has 1 aliphatic rings. The van der Waals surface area contributed by atoms with E-state index in [-0.39, 0.29) is 18.5 Å². The maximum absolute atomic E-state index is 12.3. The summed E-state index contributed by atoms with van der Waals surface area (Å²) in [6, 6.07) is 10.8. The number of morpholine rings is 1. The van der Waals surface area contributed by atoms with E-state index in [1.54, 1.807) is 16.7 Å². The van der Waals surface area contributed by atoms with E-state index in [1.807, 2.05) is 36.4 Å². The van der Waals surface area contributed by atoms with Crippen molar-refractivity contribution in [3.8, 4) is 6.07 Å². The van der Waals surface area contributed by atoms with Crippen LogP contribution in [0.3, 0.4) is 0 Å². The number of nitriles is 1. The van der Waals surface area contributed by atoms with Gasteiger partial charge in [-0.2, -0.15) is 17.0 Å². The highest BCUT2D eigenvalue weighted by molar-refractivity contribution is 7.98. The fourth-order valence-electron chi connectivity index (χ4n) is 2.31. The van der Waals surface area contributed by atoms with E-state index in [9.17, 15) is 9.59 Å². The average molecular weight is 362 g/mol. The lowest BCUT2D eigenvalue weighted by molar-refractivity contribution is -0.122. The van der Waals surface area contributed by atoms with Gasteiger partial charge in [0.05, 0.1) is 19.3 Å². The van der Waals surface area contributed by atoms with Gasteiger partial charge < -0.3 is 20.3 Å². The van der Waals surface area contributed by atoms with Gasteiger partial charge in [0, 0.05) is 24.6 Å². The number of nitrogens with one attached hydrogen (secondary N) is 2. The number of hydrogen-bond donors (Lipinski definition) is 2. The molecule has 3 amide bonds. The molecule has 2 N–H and O–H groups in total. The Bertz CT molecular complexity index is 600. The molecule has 1 unspecified atom stereocenters. The van der Waals surface area contributed by atoms with Crippen molar-refractivity contribution in [3.05, 3.63) is 35.9 Å². The summed E-state index contributed by atoms with van der Waals surface area (Å²) in [5, 5.41) is 13.9. The number of carbonyl (C=O) groups excluding carboxylic acids is 2. The summed E-state index contributed by atoms with van der Waals surface area (Å²) in [5.41, 5.74) is 1.16. The zero-order valence-corrected chi connectivity index (χ0v) is 14.8. The molecule has 7 nitrogen and oxygen atoms in total. The van der Waals surface area contributed by atoms with Crippen molar-refractivity contribution >= 4 is 23.7 Å². The third-order valence-corrected chi connectivity index (χ3v) is 4.76. The monoisotopic (exact) mass is 362 g/mol. The van der Waals surface area contributed by atoms with Crippen LogP contribution in [0.2, 0.25) is 0 Å². The minimum atomic E-state index is -0.683. The van der Waals surface area contributed by atoms with Gasteiger partial charge in [0.15, 0.2) is 0 Å². The smallest absolute Gasteiger partial charge is 0.318 e. The average Bonchev–Trinajstić information content (AvgIpc) is 2.66. The third kappa shape index (κ3) is 6.64. The van der Waals surface area contributed by atoms with Crippen molar-refractivity contribution in [2.75, 3.05) is 38.6 Å². The van der Waals surface area contributed by atoms with Crippen LogP contribution >= 0.6 is 11.8 Å². The van der Waals surface area contributed by atoms with Crippen LogP contribution in [0.1, 0.15) is 5.56 Å². The molecule has 1 saturated heterocycles. The van der Waals surface area contributed by atoms with E-state index in [0.29, 0.717) is 32.1 Å². The third-order valence-electron chi connectivity index (χ3n) is 3.65. The SMILES string of the molecule is N#CCNC(=O)C(CSCc1ccccc1)NC(=O)N1CCOCC1. The molecule has 1 atom stereocenters. The van der Waals surface area contributed by atoms with Crippen LogP contribution in [0.4, 0.5) is 4.79 Å². The number of benzene rings is 1. The predicted octanol–water partition coefficient (Wildman–Crippen LogP) is 0.970. The number of thioether (sulfide) groups is 1. The molecule has 0 saturated carbocycles. The lowest BCUT2D eigenvalue weighted by Gasteiger charge is -2.29. The second-order valence-electron chi connectivity index (χ2n) is 5.48. The summed E-state index contributed by atoms with van der Waals surface area (Å²) in [4.78, 5) is 26.2. The normalized spacial score (nSPS) is 15.1. The van der Waals surface area contributed by atoms with E-state index in [4.69, 9.17) is 10.00 Å². The van der Waals surface area contributed by atoms with Gasteiger partial charge >= 0.3 is 6.03 Å². The molecule has 0 aliphatic carbocycles. The van der Waals surface area contributed by atoms with Gasteiger partial charge in [-0.05, 0) is 5.56 Å². The Labute approximate surface area is 151 Å². The zero-order valence-electron chi connectivity index (χ0n) is 13.9. The van der Waals surface area contributed by atoms with Crippen molar-refractivity contribution in [2.45, 2.75) is 11.8 Å². The Morgan fingerprint density at radius 2 is 2.00 bits per heavy atom. The molecule has 0 bridgehead atoms. The number of ether oxygens (including phenoxy) is 1. The molecule has 2 rings (SSSR count). The molecule has 25 heavy (non-hydrogen) atoms. The first-order chi connectivity index (χ1) is 12.2. The van der Waals surface area contributed by atoms with Gasteiger partial charge in [-0.1, -0.05) is 30.3 Å². The summed E-state index contributed by atoms with van der Waals surface area (Å²) in [6.45, 7) is 1.94. The van der Waals surface area contributed by atoms with Gasteiger partial charge in [-0.15, -0.1) is 0 Å². The van der Waals surface area contributed by atoms with Gasteiger partial charge in [0.1, 0.15) is 12.6 Å². The van der Waals surface area contributed by atoms with Crippen LogP contribution in [0, 0.1) is 11.3 Å². The number of amides is 3. The van der Waals surface area contributed by atoms with Gasteiger partial charge in [0.25, 0.3) is 0 Å². The van der Waals surface area contributed by atoms with Crippen LogP contribution < -0.4 is 10.6 Å². The fraction of sp³-hybridized carbons (Fsp3) is 0.471.